The van der Waals surface area contributed by atoms with Crippen molar-refractivity contribution in [3.8, 4) is 23.0 Å². The molecule has 0 aliphatic rings. The predicted molar refractivity (Wildman–Crippen MR) is 219 cm³/mol. The Bertz CT molecular complexity index is 2150. The van der Waals surface area contributed by atoms with Gasteiger partial charge in [0.05, 0.1) is 17.7 Å². The first-order valence-electron chi connectivity index (χ1n) is 19.7. The molecule has 58 heavy (non-hydrogen) atoms. The van der Waals surface area contributed by atoms with Crippen molar-refractivity contribution in [1.29, 1.82) is 0 Å². The summed E-state index contributed by atoms with van der Waals surface area (Å²) in [6.45, 7) is 6.21. The first-order valence-corrected chi connectivity index (χ1v) is 19.7. The van der Waals surface area contributed by atoms with Crippen molar-refractivity contribution in [3.05, 3.63) is 154 Å². The summed E-state index contributed by atoms with van der Waals surface area (Å²) in [7, 11) is 0. The summed E-state index contributed by atoms with van der Waals surface area (Å²) in [5.41, 5.74) is 4.79. The minimum atomic E-state index is -0.777. The molecule has 10 nitrogen and oxygen atoms in total. The van der Waals surface area contributed by atoms with Gasteiger partial charge in [-0.15, -0.1) is 0 Å². The van der Waals surface area contributed by atoms with Crippen molar-refractivity contribution >= 4 is 29.8 Å². The van der Waals surface area contributed by atoms with Crippen LogP contribution in [0.15, 0.2) is 115 Å². The van der Waals surface area contributed by atoms with Gasteiger partial charge in [0, 0.05) is 12.8 Å². The highest BCUT2D eigenvalue weighted by Crippen LogP contribution is 2.28. The van der Waals surface area contributed by atoms with Gasteiger partial charge in [0.25, 0.3) is 0 Å². The number of carbonyl (C=O) groups is 5. The molecule has 0 radical (unpaired) electrons. The average Bonchev–Trinajstić information content (AvgIpc) is 3.23. The third kappa shape index (κ3) is 13.0. The zero-order valence-corrected chi connectivity index (χ0v) is 33.1. The molecular weight excluding hydrogens is 737 g/mol. The predicted octanol–water partition coefficient (Wildman–Crippen LogP) is 9.67. The molecule has 0 spiro atoms. The molecule has 5 aromatic rings. The molecule has 0 atom stereocenters. The molecule has 0 fully saturated rings. The smallest absolute Gasteiger partial charge is 0.343 e. The molecule has 0 aromatic heterocycles. The molecule has 0 N–H and O–H groups in total. The van der Waals surface area contributed by atoms with Crippen molar-refractivity contribution in [3.63, 3.8) is 0 Å². The third-order valence-electron chi connectivity index (χ3n) is 9.02. The molecule has 0 unspecified atom stereocenters. The van der Waals surface area contributed by atoms with Gasteiger partial charge in [-0.2, -0.15) is 0 Å². The van der Waals surface area contributed by atoms with Gasteiger partial charge in [-0.3, -0.25) is 9.59 Å². The largest absolute Gasteiger partial charge is 0.462 e. The minimum absolute atomic E-state index is 0.00570. The van der Waals surface area contributed by atoms with E-state index in [2.05, 4.69) is 38.1 Å². The Morgan fingerprint density at radius 1 is 0.414 bits per heavy atom. The lowest BCUT2D eigenvalue weighted by Crippen LogP contribution is -2.15. The fraction of sp³-hybridized carbons (Fsp3) is 0.271. The summed E-state index contributed by atoms with van der Waals surface area (Å²) < 4.78 is 27.3. The van der Waals surface area contributed by atoms with Gasteiger partial charge in [-0.1, -0.05) is 82.1 Å². The van der Waals surface area contributed by atoms with E-state index in [-0.39, 0.29) is 59.1 Å². The lowest BCUT2D eigenvalue weighted by atomic mass is 10.0. The maximum atomic E-state index is 13.1. The summed E-state index contributed by atoms with van der Waals surface area (Å²) >= 11 is 0. The van der Waals surface area contributed by atoms with E-state index in [1.165, 1.54) is 77.9 Å². The summed E-state index contributed by atoms with van der Waals surface area (Å²) in [4.78, 5) is 64.2. The normalized spacial score (nSPS) is 10.7. The molecular formula is C48H48O10. The quantitative estimate of drug-likeness (QED) is 0.0589. The van der Waals surface area contributed by atoms with E-state index in [4.69, 9.17) is 23.7 Å². The van der Waals surface area contributed by atoms with Crippen molar-refractivity contribution in [1.82, 2.24) is 0 Å². The van der Waals surface area contributed by atoms with Crippen molar-refractivity contribution in [2.24, 2.45) is 0 Å². The monoisotopic (exact) mass is 784 g/mol. The van der Waals surface area contributed by atoms with Gasteiger partial charge in [-0.25, -0.2) is 14.4 Å². The Hall–Kier alpha value is -6.55. The van der Waals surface area contributed by atoms with Crippen LogP contribution in [-0.4, -0.2) is 36.5 Å². The third-order valence-corrected chi connectivity index (χ3v) is 9.02. The van der Waals surface area contributed by atoms with Crippen LogP contribution < -0.4 is 18.9 Å². The number of aryl methyl sites for hydroxylation is 4. The van der Waals surface area contributed by atoms with Gasteiger partial charge >= 0.3 is 29.8 Å². The number of esters is 5. The van der Waals surface area contributed by atoms with Crippen LogP contribution in [0.25, 0.3) is 0 Å². The summed E-state index contributed by atoms with van der Waals surface area (Å²) in [6.07, 6.45) is 6.20. The van der Waals surface area contributed by atoms with Crippen LogP contribution in [0.5, 0.6) is 23.0 Å². The first-order chi connectivity index (χ1) is 28.1. The Morgan fingerprint density at radius 3 is 1.26 bits per heavy atom. The van der Waals surface area contributed by atoms with Crippen molar-refractivity contribution in [2.75, 3.05) is 6.61 Å². The van der Waals surface area contributed by atoms with Crippen molar-refractivity contribution in [2.45, 2.75) is 78.6 Å². The minimum Gasteiger partial charge on any atom is -0.462 e. The molecule has 300 valence electrons. The topological polar surface area (TPSA) is 132 Å². The number of ether oxygens (including phenoxy) is 5. The SMILES string of the molecule is CCCOC(=O)c1cc(OC(=O)c2ccc(OC(=O)CCc3ccc(CCC)cc3)cc2)ccc1OC(=O)c1ccc(OC(=O)CCc2ccc(CCC)cc2)cc1. The van der Waals surface area contributed by atoms with E-state index < -0.39 is 29.8 Å². The molecule has 0 saturated carbocycles. The van der Waals surface area contributed by atoms with E-state index in [1.54, 1.807) is 0 Å². The van der Waals surface area contributed by atoms with Gasteiger partial charge in [-0.05, 0) is 121 Å². The van der Waals surface area contributed by atoms with Gasteiger partial charge < -0.3 is 23.7 Å². The van der Waals surface area contributed by atoms with Crippen LogP contribution in [0.1, 0.15) is 106 Å². The second-order valence-corrected chi connectivity index (χ2v) is 13.7. The summed E-state index contributed by atoms with van der Waals surface area (Å²) in [5.74, 6) is -2.64. The Labute approximate surface area is 339 Å². The highest BCUT2D eigenvalue weighted by molar-refractivity contribution is 5.97. The molecule has 0 bridgehead atoms. The van der Waals surface area contributed by atoms with Gasteiger partial charge in [0.2, 0.25) is 0 Å². The Balaban J connectivity index is 1.15. The standard InChI is InChI=1S/C48H48O10/c1-4-7-33-9-13-35(14-10-33)17-29-44(49)55-39-23-19-37(20-24-39)46(51)57-41-27-28-43(42(32-41)48(53)54-31-6-3)58-47(52)38-21-25-40(26-22-38)56-45(50)30-18-36-15-11-34(8-5-2)12-16-36/h9-16,19-28,32H,4-8,17-18,29-31H2,1-3H3. The first kappa shape index (κ1) is 42.6. The van der Waals surface area contributed by atoms with E-state index in [0.717, 1.165) is 36.8 Å². The molecule has 0 aliphatic carbocycles. The zero-order chi connectivity index (χ0) is 41.3. The number of benzene rings is 5. The van der Waals surface area contributed by atoms with Crippen molar-refractivity contribution < 1.29 is 47.7 Å². The molecule has 10 heteroatoms. The second kappa shape index (κ2) is 21.7. The maximum absolute atomic E-state index is 13.1. The number of carbonyl (C=O) groups excluding carboxylic acids is 5. The van der Waals surface area contributed by atoms with Crippen LogP contribution >= 0.6 is 0 Å². The van der Waals surface area contributed by atoms with E-state index in [1.807, 2.05) is 31.2 Å². The highest BCUT2D eigenvalue weighted by atomic mass is 16.6. The maximum Gasteiger partial charge on any atom is 0.343 e. The van der Waals surface area contributed by atoms with Crippen LogP contribution in [0.4, 0.5) is 0 Å². The van der Waals surface area contributed by atoms with E-state index in [0.29, 0.717) is 19.3 Å². The van der Waals surface area contributed by atoms with Gasteiger partial charge in [0.15, 0.2) is 0 Å². The molecule has 5 aromatic carbocycles. The van der Waals surface area contributed by atoms with Crippen LogP contribution in [-0.2, 0) is 40.0 Å². The molecule has 0 saturated heterocycles. The lowest BCUT2D eigenvalue weighted by molar-refractivity contribution is -0.135. The summed E-state index contributed by atoms with van der Waals surface area (Å²) in [5, 5.41) is 0. The van der Waals surface area contributed by atoms with E-state index in [9.17, 15) is 24.0 Å². The second-order valence-electron chi connectivity index (χ2n) is 13.7. The molecule has 0 amide bonds. The average molecular weight is 785 g/mol. The van der Waals surface area contributed by atoms with Gasteiger partial charge in [0.1, 0.15) is 28.6 Å². The molecule has 0 heterocycles. The summed E-state index contributed by atoms with van der Waals surface area (Å²) in [6, 6.07) is 32.1. The number of hydrogen-bond acceptors (Lipinski definition) is 10. The highest BCUT2D eigenvalue weighted by Gasteiger charge is 2.21. The Morgan fingerprint density at radius 2 is 0.828 bits per heavy atom. The van der Waals surface area contributed by atoms with Crippen LogP contribution in [0.2, 0.25) is 0 Å². The number of hydrogen-bond donors (Lipinski definition) is 0. The van der Waals surface area contributed by atoms with E-state index >= 15 is 0 Å². The lowest BCUT2D eigenvalue weighted by Gasteiger charge is -2.12. The fourth-order valence-corrected chi connectivity index (χ4v) is 5.92. The van der Waals surface area contributed by atoms with Crippen LogP contribution in [0, 0.1) is 0 Å². The fourth-order valence-electron chi connectivity index (χ4n) is 5.92. The Kier molecular flexibility index (Phi) is 15.9. The molecule has 5 rings (SSSR count). The molecule has 0 aliphatic heterocycles. The zero-order valence-electron chi connectivity index (χ0n) is 33.1. The van der Waals surface area contributed by atoms with Crippen LogP contribution in [0.3, 0.4) is 0 Å². The number of rotatable bonds is 19.